The molecule has 1 aromatic carbocycles. The molecule has 2 aromatic rings. The summed E-state index contributed by atoms with van der Waals surface area (Å²) in [6.45, 7) is 9.22. The molecule has 0 saturated heterocycles. The van der Waals surface area contributed by atoms with Gasteiger partial charge in [0.2, 0.25) is 0 Å². The summed E-state index contributed by atoms with van der Waals surface area (Å²) in [6.07, 6.45) is 0. The van der Waals surface area contributed by atoms with Crippen molar-refractivity contribution in [3.63, 3.8) is 0 Å². The summed E-state index contributed by atoms with van der Waals surface area (Å²) < 4.78 is 11.7. The molecule has 0 aliphatic carbocycles. The highest BCUT2D eigenvalue weighted by atomic mass is 16.5. The maximum absolute atomic E-state index is 6.04. The monoisotopic (exact) mass is 261 g/mol. The van der Waals surface area contributed by atoms with Crippen molar-refractivity contribution < 1.29 is 9.15 Å². The summed E-state index contributed by atoms with van der Waals surface area (Å²) in [6, 6.07) is 8.28. The van der Waals surface area contributed by atoms with Gasteiger partial charge in [-0.25, -0.2) is 0 Å². The van der Waals surface area contributed by atoms with Gasteiger partial charge in [0.15, 0.2) is 11.3 Å². The van der Waals surface area contributed by atoms with Crippen LogP contribution in [0.2, 0.25) is 0 Å². The van der Waals surface area contributed by atoms with E-state index in [1.54, 1.807) is 0 Å². The Hall–Kier alpha value is -1.48. The second kappa shape index (κ2) is 5.25. The zero-order valence-electron chi connectivity index (χ0n) is 12.4. The zero-order valence-corrected chi connectivity index (χ0v) is 12.4. The molecule has 0 spiro atoms. The Kier molecular flexibility index (Phi) is 3.85. The molecular formula is C16H23NO2. The summed E-state index contributed by atoms with van der Waals surface area (Å²) in [5, 5.41) is 4.42. The molecule has 1 aromatic heterocycles. The summed E-state index contributed by atoms with van der Waals surface area (Å²) in [5.41, 5.74) is 0.929. The number of ether oxygens (including phenoxy) is 1. The number of benzene rings is 1. The van der Waals surface area contributed by atoms with Crippen LogP contribution >= 0.6 is 0 Å². The molecule has 1 unspecified atom stereocenters. The summed E-state index contributed by atoms with van der Waals surface area (Å²) in [4.78, 5) is 0. The minimum Gasteiger partial charge on any atom is -0.490 e. The molecule has 104 valence electrons. The third-order valence-electron chi connectivity index (χ3n) is 3.27. The van der Waals surface area contributed by atoms with E-state index in [0.717, 1.165) is 22.5 Å². The van der Waals surface area contributed by atoms with Gasteiger partial charge in [-0.05, 0) is 31.5 Å². The Morgan fingerprint density at radius 2 is 2.05 bits per heavy atom. The minimum absolute atomic E-state index is 0.0917. The maximum Gasteiger partial charge on any atom is 0.176 e. The molecule has 3 nitrogen and oxygen atoms in total. The van der Waals surface area contributed by atoms with E-state index in [9.17, 15) is 0 Å². The molecule has 1 atom stereocenters. The average molecular weight is 261 g/mol. The van der Waals surface area contributed by atoms with Crippen LogP contribution in [0.3, 0.4) is 0 Å². The van der Waals surface area contributed by atoms with E-state index in [1.807, 2.05) is 26.1 Å². The molecular weight excluding hydrogens is 238 g/mol. The van der Waals surface area contributed by atoms with E-state index in [4.69, 9.17) is 9.15 Å². The molecule has 2 rings (SSSR count). The van der Waals surface area contributed by atoms with Gasteiger partial charge in [-0.1, -0.05) is 32.9 Å². The number of hydrogen-bond acceptors (Lipinski definition) is 3. The molecule has 0 fully saturated rings. The lowest BCUT2D eigenvalue weighted by atomic mass is 9.85. The predicted molar refractivity (Wildman–Crippen MR) is 78.6 cm³/mol. The van der Waals surface area contributed by atoms with Gasteiger partial charge >= 0.3 is 0 Å². The molecule has 0 aliphatic rings. The molecule has 0 aliphatic heterocycles. The predicted octanol–water partition coefficient (Wildman–Crippen LogP) is 4.14. The smallest absolute Gasteiger partial charge is 0.176 e. The number of hydrogen-bond donors (Lipinski definition) is 1. The Balaban J connectivity index is 2.49. The quantitative estimate of drug-likeness (QED) is 0.898. The first-order valence-electron chi connectivity index (χ1n) is 6.80. The van der Waals surface area contributed by atoms with Crippen LogP contribution < -0.4 is 10.1 Å². The highest BCUT2D eigenvalue weighted by Crippen LogP contribution is 2.37. The van der Waals surface area contributed by atoms with Gasteiger partial charge in [-0.3, -0.25) is 0 Å². The van der Waals surface area contributed by atoms with Crippen molar-refractivity contribution >= 4 is 11.0 Å². The third-order valence-corrected chi connectivity index (χ3v) is 3.27. The number of fused-ring (bicyclic) bond motifs is 1. The van der Waals surface area contributed by atoms with Crippen LogP contribution in [0.15, 0.2) is 28.7 Å². The second-order valence-corrected chi connectivity index (χ2v) is 5.84. The number of rotatable bonds is 4. The highest BCUT2D eigenvalue weighted by molar-refractivity contribution is 5.83. The van der Waals surface area contributed by atoms with Crippen molar-refractivity contribution in [1.82, 2.24) is 5.32 Å². The highest BCUT2D eigenvalue weighted by Gasteiger charge is 2.28. The lowest BCUT2D eigenvalue weighted by Crippen LogP contribution is -2.29. The summed E-state index contributed by atoms with van der Waals surface area (Å²) in [7, 11) is 1.96. The first-order chi connectivity index (χ1) is 8.97. The van der Waals surface area contributed by atoms with Gasteiger partial charge in [0.25, 0.3) is 0 Å². The lowest BCUT2D eigenvalue weighted by molar-refractivity contribution is 0.252. The normalized spacial score (nSPS) is 13.7. The minimum atomic E-state index is 0.0917. The van der Waals surface area contributed by atoms with Crippen molar-refractivity contribution in [3.8, 4) is 5.75 Å². The number of furan rings is 1. The van der Waals surface area contributed by atoms with Crippen molar-refractivity contribution in [2.75, 3.05) is 13.7 Å². The fourth-order valence-corrected chi connectivity index (χ4v) is 2.47. The van der Waals surface area contributed by atoms with Crippen LogP contribution in [0, 0.1) is 5.41 Å². The van der Waals surface area contributed by atoms with E-state index in [0.29, 0.717) is 6.61 Å². The maximum atomic E-state index is 6.04. The summed E-state index contributed by atoms with van der Waals surface area (Å²) >= 11 is 0. The van der Waals surface area contributed by atoms with Gasteiger partial charge < -0.3 is 14.5 Å². The molecule has 0 radical (unpaired) electrons. The molecule has 1 heterocycles. The van der Waals surface area contributed by atoms with Gasteiger partial charge in [0.1, 0.15) is 5.76 Å². The van der Waals surface area contributed by atoms with Crippen LogP contribution in [0.4, 0.5) is 0 Å². The van der Waals surface area contributed by atoms with E-state index in [-0.39, 0.29) is 11.5 Å². The standard InChI is InChI=1S/C16H23NO2/c1-6-18-12-9-7-8-11-10-13(19-14(11)12)15(17-5)16(2,3)4/h7-10,15,17H,6H2,1-5H3. The van der Waals surface area contributed by atoms with Crippen LogP contribution in [-0.4, -0.2) is 13.7 Å². The van der Waals surface area contributed by atoms with Gasteiger partial charge in [-0.15, -0.1) is 0 Å². The molecule has 0 amide bonds. The lowest BCUT2D eigenvalue weighted by Gasteiger charge is -2.28. The first kappa shape index (κ1) is 13.9. The molecule has 3 heteroatoms. The van der Waals surface area contributed by atoms with Gasteiger partial charge in [0.05, 0.1) is 12.6 Å². The van der Waals surface area contributed by atoms with Crippen molar-refractivity contribution in [2.45, 2.75) is 33.7 Å². The fraction of sp³-hybridized carbons (Fsp3) is 0.500. The van der Waals surface area contributed by atoms with Gasteiger partial charge in [0, 0.05) is 5.39 Å². The Morgan fingerprint density at radius 1 is 1.32 bits per heavy atom. The van der Waals surface area contributed by atoms with E-state index in [1.165, 1.54) is 0 Å². The number of nitrogens with one attached hydrogen (secondary N) is 1. The van der Waals surface area contributed by atoms with Crippen LogP contribution in [-0.2, 0) is 0 Å². The van der Waals surface area contributed by atoms with Crippen molar-refractivity contribution in [3.05, 3.63) is 30.0 Å². The van der Waals surface area contributed by atoms with Crippen molar-refractivity contribution in [1.29, 1.82) is 0 Å². The SMILES string of the molecule is CCOc1cccc2cc(C(NC)C(C)(C)C)oc12. The van der Waals surface area contributed by atoms with Crippen LogP contribution in [0.5, 0.6) is 5.75 Å². The van der Waals surface area contributed by atoms with Crippen LogP contribution in [0.25, 0.3) is 11.0 Å². The fourth-order valence-electron chi connectivity index (χ4n) is 2.47. The summed E-state index contributed by atoms with van der Waals surface area (Å²) in [5.74, 6) is 1.77. The van der Waals surface area contributed by atoms with E-state index < -0.39 is 0 Å². The Morgan fingerprint density at radius 3 is 2.63 bits per heavy atom. The van der Waals surface area contributed by atoms with Gasteiger partial charge in [-0.2, -0.15) is 0 Å². The topological polar surface area (TPSA) is 34.4 Å². The largest absolute Gasteiger partial charge is 0.490 e. The van der Waals surface area contributed by atoms with Crippen molar-refractivity contribution in [2.24, 2.45) is 5.41 Å². The molecule has 0 bridgehead atoms. The Labute approximate surface area is 114 Å². The first-order valence-corrected chi connectivity index (χ1v) is 6.80. The van der Waals surface area contributed by atoms with E-state index in [2.05, 4.69) is 38.2 Å². The third kappa shape index (κ3) is 2.76. The zero-order chi connectivity index (χ0) is 14.0. The second-order valence-electron chi connectivity index (χ2n) is 5.84. The molecule has 19 heavy (non-hydrogen) atoms. The van der Waals surface area contributed by atoms with Crippen LogP contribution in [0.1, 0.15) is 39.5 Å². The van der Waals surface area contributed by atoms with E-state index >= 15 is 0 Å². The average Bonchev–Trinajstić information content (AvgIpc) is 2.72. The number of para-hydroxylation sites is 1. The molecule has 0 saturated carbocycles. The Bertz CT molecular complexity index is 551. The molecule has 1 N–H and O–H groups in total.